The molecule has 6 heteroatoms. The van der Waals surface area contributed by atoms with Crippen LogP contribution in [0.3, 0.4) is 0 Å². The summed E-state index contributed by atoms with van der Waals surface area (Å²) in [6.45, 7) is 3.18. The van der Waals surface area contributed by atoms with E-state index in [4.69, 9.17) is 0 Å². The summed E-state index contributed by atoms with van der Waals surface area (Å²) in [4.78, 5) is 14.0. The normalized spacial score (nSPS) is 16.5. The summed E-state index contributed by atoms with van der Waals surface area (Å²) < 4.78 is 26.6. The minimum atomic E-state index is -3.62. The number of aryl methyl sites for hydroxylation is 1. The van der Waals surface area contributed by atoms with Gasteiger partial charge in [-0.25, -0.2) is 13.1 Å². The maximum absolute atomic E-state index is 12.1. The summed E-state index contributed by atoms with van der Waals surface area (Å²) in [5.74, 6) is -0.146. The number of nitrogens with zero attached hydrogens (tertiary/aromatic N) is 1. The average molecular weight is 310 g/mol. The van der Waals surface area contributed by atoms with Crippen molar-refractivity contribution in [3.8, 4) is 0 Å². The maximum Gasteiger partial charge on any atom is 0.241 e. The van der Waals surface area contributed by atoms with Crippen LogP contribution >= 0.6 is 0 Å². The third kappa shape index (κ3) is 4.54. The number of carbonyl (C=O) groups excluding carboxylic acids is 1. The highest BCUT2D eigenvalue weighted by Crippen LogP contribution is 2.11. The van der Waals surface area contributed by atoms with E-state index in [1.165, 1.54) is 0 Å². The van der Waals surface area contributed by atoms with E-state index in [2.05, 4.69) is 4.72 Å². The summed E-state index contributed by atoms with van der Waals surface area (Å²) in [6, 6.07) is 6.58. The monoisotopic (exact) mass is 310 g/mol. The second-order valence-corrected chi connectivity index (χ2v) is 7.20. The molecule has 116 valence electrons. The molecule has 0 saturated carbocycles. The van der Waals surface area contributed by atoms with Crippen molar-refractivity contribution in [3.63, 3.8) is 0 Å². The topological polar surface area (TPSA) is 66.5 Å². The lowest BCUT2D eigenvalue weighted by atomic mass is 10.2. The smallest absolute Gasteiger partial charge is 0.241 e. The van der Waals surface area contributed by atoms with Crippen LogP contribution in [0.5, 0.6) is 0 Å². The number of benzene rings is 1. The molecule has 1 aromatic carbocycles. The molecule has 0 spiro atoms. The predicted octanol–water partition coefficient (Wildman–Crippen LogP) is 1.68. The maximum atomic E-state index is 12.1. The lowest BCUT2D eigenvalue weighted by Gasteiger charge is -2.20. The molecule has 5 nitrogen and oxygen atoms in total. The summed E-state index contributed by atoms with van der Waals surface area (Å²) in [5.41, 5.74) is 0.995. The second-order valence-electron chi connectivity index (χ2n) is 5.43. The molecule has 0 radical (unpaired) electrons. The van der Waals surface area contributed by atoms with Gasteiger partial charge in [0.05, 0.1) is 11.4 Å². The third-order valence-electron chi connectivity index (χ3n) is 3.70. The molecule has 0 aromatic heterocycles. The van der Waals surface area contributed by atoms with Crippen molar-refractivity contribution in [2.24, 2.45) is 0 Å². The van der Waals surface area contributed by atoms with Crippen LogP contribution in [-0.4, -0.2) is 38.9 Å². The highest BCUT2D eigenvalue weighted by Gasteiger charge is 2.19. The minimum Gasteiger partial charge on any atom is -0.342 e. The lowest BCUT2D eigenvalue weighted by Crippen LogP contribution is -2.40. The SMILES string of the molecule is Cc1ccc(S(=O)(=O)NCC(=O)N2CCCCCC2)cc1. The fourth-order valence-corrected chi connectivity index (χ4v) is 3.36. The highest BCUT2D eigenvalue weighted by atomic mass is 32.2. The van der Waals surface area contributed by atoms with Crippen LogP contribution in [0.25, 0.3) is 0 Å². The van der Waals surface area contributed by atoms with Gasteiger partial charge in [0.15, 0.2) is 0 Å². The molecule has 1 aromatic rings. The molecule has 1 amide bonds. The number of nitrogens with one attached hydrogen (secondary N) is 1. The molecule has 1 aliphatic heterocycles. The van der Waals surface area contributed by atoms with Gasteiger partial charge >= 0.3 is 0 Å². The summed E-state index contributed by atoms with van der Waals surface area (Å²) in [6.07, 6.45) is 4.27. The van der Waals surface area contributed by atoms with E-state index in [0.29, 0.717) is 0 Å². The zero-order chi connectivity index (χ0) is 15.3. The fourth-order valence-electron chi connectivity index (χ4n) is 2.39. The van der Waals surface area contributed by atoms with Gasteiger partial charge in [-0.3, -0.25) is 4.79 Å². The molecular formula is C15H22N2O3S. The molecule has 0 atom stereocenters. The van der Waals surface area contributed by atoms with Crippen LogP contribution < -0.4 is 4.72 Å². The minimum absolute atomic E-state index is 0.146. The fraction of sp³-hybridized carbons (Fsp3) is 0.533. The van der Waals surface area contributed by atoms with Crippen molar-refractivity contribution in [3.05, 3.63) is 29.8 Å². The number of hydrogen-bond donors (Lipinski definition) is 1. The van der Waals surface area contributed by atoms with E-state index in [-0.39, 0.29) is 17.3 Å². The Morgan fingerprint density at radius 2 is 1.67 bits per heavy atom. The van der Waals surface area contributed by atoms with Gasteiger partial charge in [-0.1, -0.05) is 30.5 Å². The predicted molar refractivity (Wildman–Crippen MR) is 81.4 cm³/mol. The van der Waals surface area contributed by atoms with Gasteiger partial charge in [0.25, 0.3) is 0 Å². The molecule has 1 aliphatic rings. The lowest BCUT2D eigenvalue weighted by molar-refractivity contribution is -0.129. The van der Waals surface area contributed by atoms with E-state index >= 15 is 0 Å². The van der Waals surface area contributed by atoms with Crippen LogP contribution in [-0.2, 0) is 14.8 Å². The number of likely N-dealkylation sites (tertiary alicyclic amines) is 1. The number of rotatable bonds is 4. The number of carbonyl (C=O) groups is 1. The van der Waals surface area contributed by atoms with Crippen LogP contribution in [0.15, 0.2) is 29.2 Å². The summed E-state index contributed by atoms with van der Waals surface area (Å²) in [5, 5.41) is 0. The van der Waals surface area contributed by atoms with Crippen LogP contribution in [0.1, 0.15) is 31.2 Å². The third-order valence-corrected chi connectivity index (χ3v) is 5.12. The second kappa shape index (κ2) is 7.04. The van der Waals surface area contributed by atoms with Crippen LogP contribution in [0.2, 0.25) is 0 Å². The number of sulfonamides is 1. The van der Waals surface area contributed by atoms with Crippen molar-refractivity contribution in [1.29, 1.82) is 0 Å². The number of amides is 1. The first-order chi connectivity index (χ1) is 9.99. The molecule has 0 aliphatic carbocycles. The number of hydrogen-bond acceptors (Lipinski definition) is 3. The van der Waals surface area contributed by atoms with Gasteiger partial charge in [0.1, 0.15) is 0 Å². The van der Waals surface area contributed by atoms with Crippen molar-refractivity contribution in [1.82, 2.24) is 9.62 Å². The van der Waals surface area contributed by atoms with E-state index < -0.39 is 10.0 Å². The molecule has 0 bridgehead atoms. The summed E-state index contributed by atoms with van der Waals surface area (Å²) >= 11 is 0. The molecule has 21 heavy (non-hydrogen) atoms. The Morgan fingerprint density at radius 1 is 1.10 bits per heavy atom. The Morgan fingerprint density at radius 3 is 2.24 bits per heavy atom. The Hall–Kier alpha value is -1.40. The van der Waals surface area contributed by atoms with Gasteiger partial charge in [-0.15, -0.1) is 0 Å². The van der Waals surface area contributed by atoms with Crippen LogP contribution in [0.4, 0.5) is 0 Å². The molecule has 1 N–H and O–H groups in total. The summed E-state index contributed by atoms with van der Waals surface area (Å²) in [7, 11) is -3.62. The van der Waals surface area contributed by atoms with Gasteiger partial charge < -0.3 is 4.90 Å². The Balaban J connectivity index is 1.94. The van der Waals surface area contributed by atoms with E-state index in [1.807, 2.05) is 6.92 Å². The highest BCUT2D eigenvalue weighted by molar-refractivity contribution is 7.89. The standard InChI is InChI=1S/C15H22N2O3S/c1-13-6-8-14(9-7-13)21(19,20)16-12-15(18)17-10-4-2-3-5-11-17/h6-9,16H,2-5,10-12H2,1H3. The first-order valence-corrected chi connectivity index (χ1v) is 8.81. The van der Waals surface area contributed by atoms with E-state index in [1.54, 1.807) is 29.2 Å². The molecule has 1 heterocycles. The molecule has 1 saturated heterocycles. The van der Waals surface area contributed by atoms with E-state index in [0.717, 1.165) is 44.3 Å². The Kier molecular flexibility index (Phi) is 5.36. The zero-order valence-corrected chi connectivity index (χ0v) is 13.2. The van der Waals surface area contributed by atoms with Gasteiger partial charge in [0, 0.05) is 13.1 Å². The van der Waals surface area contributed by atoms with Crippen molar-refractivity contribution < 1.29 is 13.2 Å². The van der Waals surface area contributed by atoms with E-state index in [9.17, 15) is 13.2 Å². The quantitative estimate of drug-likeness (QED) is 0.920. The first kappa shape index (κ1) is 16.0. The molecule has 0 unspecified atom stereocenters. The van der Waals surface area contributed by atoms with Gasteiger partial charge in [-0.05, 0) is 31.9 Å². The Bertz CT molecular complexity index is 573. The van der Waals surface area contributed by atoms with Crippen molar-refractivity contribution in [2.75, 3.05) is 19.6 Å². The first-order valence-electron chi connectivity index (χ1n) is 7.33. The molecule has 1 fully saturated rings. The van der Waals surface area contributed by atoms with Crippen molar-refractivity contribution >= 4 is 15.9 Å². The van der Waals surface area contributed by atoms with Crippen molar-refractivity contribution in [2.45, 2.75) is 37.5 Å². The Labute approximate surface area is 126 Å². The molecule has 2 rings (SSSR count). The van der Waals surface area contributed by atoms with Gasteiger partial charge in [0.2, 0.25) is 15.9 Å². The van der Waals surface area contributed by atoms with Crippen LogP contribution in [0, 0.1) is 6.92 Å². The average Bonchev–Trinajstić information content (AvgIpc) is 2.74. The van der Waals surface area contributed by atoms with Gasteiger partial charge in [-0.2, -0.15) is 0 Å². The largest absolute Gasteiger partial charge is 0.342 e. The zero-order valence-electron chi connectivity index (χ0n) is 12.3. The molecular weight excluding hydrogens is 288 g/mol.